The number of hydrogen-bond donors (Lipinski definition) is 3. The van der Waals surface area contributed by atoms with Crippen LogP contribution in [0.15, 0.2) is 29.1 Å². The molecule has 0 aliphatic heterocycles. The number of aliphatic hydroxyl groups excluding tert-OH is 1. The largest absolute Gasteiger partial charge is 0.395 e. The van der Waals surface area contributed by atoms with Crippen LogP contribution in [0.5, 0.6) is 0 Å². The van der Waals surface area contributed by atoms with Crippen LogP contribution < -0.4 is 16.2 Å². The van der Waals surface area contributed by atoms with Crippen LogP contribution in [0, 0.1) is 22.7 Å². The van der Waals surface area contributed by atoms with Crippen molar-refractivity contribution in [3.05, 3.63) is 45.7 Å². The quantitative estimate of drug-likeness (QED) is 0.765. The summed E-state index contributed by atoms with van der Waals surface area (Å²) in [5.41, 5.74) is 6.63. The summed E-state index contributed by atoms with van der Waals surface area (Å²) in [6, 6.07) is 10.7. The van der Waals surface area contributed by atoms with Crippen LogP contribution in [-0.4, -0.2) is 30.3 Å². The van der Waals surface area contributed by atoms with Crippen molar-refractivity contribution in [2.24, 2.45) is 0 Å². The van der Waals surface area contributed by atoms with Gasteiger partial charge in [-0.2, -0.15) is 10.5 Å². The van der Waals surface area contributed by atoms with Crippen molar-refractivity contribution in [2.75, 3.05) is 30.8 Å². The Labute approximate surface area is 132 Å². The van der Waals surface area contributed by atoms with Crippen LogP contribution in [0.2, 0.25) is 0 Å². The zero-order chi connectivity index (χ0) is 17.0. The van der Waals surface area contributed by atoms with Crippen LogP contribution in [0.25, 0.3) is 11.1 Å². The van der Waals surface area contributed by atoms with E-state index in [2.05, 4.69) is 4.98 Å². The minimum atomic E-state index is -0.625. The van der Waals surface area contributed by atoms with Gasteiger partial charge in [0.2, 0.25) is 0 Å². The number of hydrogen-bond acceptors (Lipinski definition) is 6. The maximum atomic E-state index is 11.9. The van der Waals surface area contributed by atoms with Crippen molar-refractivity contribution >= 4 is 11.5 Å². The Kier molecular flexibility index (Phi) is 4.65. The third-order valence-corrected chi connectivity index (χ3v) is 3.50. The lowest BCUT2D eigenvalue weighted by atomic mass is 9.96. The molecule has 0 atom stereocenters. The average Bonchev–Trinajstić information content (AvgIpc) is 2.54. The Morgan fingerprint density at radius 2 is 1.83 bits per heavy atom. The fourth-order valence-electron chi connectivity index (χ4n) is 2.29. The van der Waals surface area contributed by atoms with E-state index in [1.165, 1.54) is 0 Å². The van der Waals surface area contributed by atoms with Gasteiger partial charge >= 0.3 is 0 Å². The number of nitrogens with zero attached hydrogens (tertiary/aromatic N) is 3. The number of nitrogen functional groups attached to an aromatic ring is 1. The third-order valence-electron chi connectivity index (χ3n) is 3.50. The van der Waals surface area contributed by atoms with Gasteiger partial charge in [-0.25, -0.2) is 0 Å². The lowest BCUT2D eigenvalue weighted by molar-refractivity contribution is 0.304. The van der Waals surface area contributed by atoms with E-state index in [9.17, 15) is 15.3 Å². The second kappa shape index (κ2) is 6.65. The number of aromatic nitrogens is 1. The molecule has 0 saturated heterocycles. The van der Waals surface area contributed by atoms with Gasteiger partial charge in [0.25, 0.3) is 5.56 Å². The van der Waals surface area contributed by atoms with Gasteiger partial charge in [0.05, 0.1) is 6.61 Å². The van der Waals surface area contributed by atoms with Gasteiger partial charge in [0, 0.05) is 24.8 Å². The normalized spacial score (nSPS) is 9.91. The summed E-state index contributed by atoms with van der Waals surface area (Å²) < 4.78 is 0. The molecule has 4 N–H and O–H groups in total. The molecule has 0 fully saturated rings. The van der Waals surface area contributed by atoms with Gasteiger partial charge < -0.3 is 20.7 Å². The average molecular weight is 309 g/mol. The second-order valence-electron chi connectivity index (χ2n) is 4.91. The predicted molar refractivity (Wildman–Crippen MR) is 86.7 cm³/mol. The fraction of sp³-hybridized carbons (Fsp3) is 0.188. The van der Waals surface area contributed by atoms with E-state index in [1.807, 2.05) is 24.1 Å². The van der Waals surface area contributed by atoms with Crippen molar-refractivity contribution < 1.29 is 5.11 Å². The molecule has 1 aromatic heterocycles. The SMILES string of the molecule is CN(CCO)c1ccc(-c2c(C#N)c(N)[nH]c(=O)c2C#N)cc1. The molecule has 0 unspecified atom stereocenters. The molecule has 7 nitrogen and oxygen atoms in total. The second-order valence-corrected chi connectivity index (χ2v) is 4.91. The standard InChI is InChI=1S/C16H15N5O2/c1-21(6-7-22)11-4-2-10(3-5-11)14-12(8-17)15(19)20-16(23)13(14)9-18/h2-5,22H,6-7H2,1H3,(H3,19,20,23). The van der Waals surface area contributed by atoms with Crippen LogP contribution in [0.4, 0.5) is 11.5 Å². The fourth-order valence-corrected chi connectivity index (χ4v) is 2.29. The number of nitriles is 2. The molecule has 1 aromatic carbocycles. The molecular weight excluding hydrogens is 294 g/mol. The molecule has 7 heteroatoms. The Hall–Kier alpha value is -3.29. The van der Waals surface area contributed by atoms with E-state index in [0.717, 1.165) is 5.69 Å². The Bertz CT molecular complexity index is 856. The highest BCUT2D eigenvalue weighted by Gasteiger charge is 2.18. The molecule has 0 spiro atoms. The molecule has 0 radical (unpaired) electrons. The minimum absolute atomic E-state index is 0.0278. The van der Waals surface area contributed by atoms with E-state index >= 15 is 0 Å². The number of benzene rings is 1. The Morgan fingerprint density at radius 1 is 1.22 bits per heavy atom. The number of pyridine rings is 1. The predicted octanol–water partition coefficient (Wildman–Crippen LogP) is 0.796. The van der Waals surface area contributed by atoms with Gasteiger partial charge in [-0.15, -0.1) is 0 Å². The van der Waals surface area contributed by atoms with E-state index in [4.69, 9.17) is 10.8 Å². The number of anilines is 2. The minimum Gasteiger partial charge on any atom is -0.395 e. The van der Waals surface area contributed by atoms with Gasteiger partial charge in [-0.05, 0) is 17.7 Å². The molecule has 0 aliphatic carbocycles. The number of aromatic amines is 1. The molecule has 0 saturated carbocycles. The molecule has 2 aromatic rings. The number of H-pyrrole nitrogens is 1. The van der Waals surface area contributed by atoms with Gasteiger partial charge in [-0.3, -0.25) is 4.79 Å². The van der Waals surface area contributed by atoms with Crippen molar-refractivity contribution in [3.8, 4) is 23.3 Å². The molecule has 2 rings (SSSR count). The smallest absolute Gasteiger partial charge is 0.268 e. The summed E-state index contributed by atoms with van der Waals surface area (Å²) in [6.45, 7) is 0.504. The highest BCUT2D eigenvalue weighted by atomic mass is 16.3. The molecule has 1 heterocycles. The number of rotatable bonds is 4. The lowest BCUT2D eigenvalue weighted by Crippen LogP contribution is -2.21. The zero-order valence-electron chi connectivity index (χ0n) is 12.5. The summed E-state index contributed by atoms with van der Waals surface area (Å²) in [5, 5.41) is 27.5. The van der Waals surface area contributed by atoms with E-state index in [0.29, 0.717) is 12.1 Å². The molecule has 0 bridgehead atoms. The van der Waals surface area contributed by atoms with Crippen molar-refractivity contribution in [2.45, 2.75) is 0 Å². The van der Waals surface area contributed by atoms with Crippen molar-refractivity contribution in [1.82, 2.24) is 4.98 Å². The summed E-state index contributed by atoms with van der Waals surface area (Å²) >= 11 is 0. The highest BCUT2D eigenvalue weighted by Crippen LogP contribution is 2.29. The summed E-state index contributed by atoms with van der Waals surface area (Å²) in [4.78, 5) is 16.1. The zero-order valence-corrected chi connectivity index (χ0v) is 12.5. The maximum absolute atomic E-state index is 11.9. The van der Waals surface area contributed by atoms with Crippen LogP contribution in [0.3, 0.4) is 0 Å². The summed E-state index contributed by atoms with van der Waals surface area (Å²) in [6.07, 6.45) is 0. The number of nitrogens with two attached hydrogens (primary N) is 1. The van der Waals surface area contributed by atoms with Gasteiger partial charge in [-0.1, -0.05) is 12.1 Å². The molecule has 23 heavy (non-hydrogen) atoms. The Morgan fingerprint density at radius 3 is 2.35 bits per heavy atom. The topological polar surface area (TPSA) is 130 Å². The third kappa shape index (κ3) is 3.00. The van der Waals surface area contributed by atoms with Crippen LogP contribution in [-0.2, 0) is 0 Å². The molecule has 0 aliphatic rings. The van der Waals surface area contributed by atoms with E-state index in [1.54, 1.807) is 24.3 Å². The first kappa shape index (κ1) is 16.1. The summed E-state index contributed by atoms with van der Waals surface area (Å²) in [7, 11) is 1.83. The molecular formula is C16H15N5O2. The molecule has 0 amide bonds. The highest BCUT2D eigenvalue weighted by molar-refractivity contribution is 5.80. The van der Waals surface area contributed by atoms with E-state index < -0.39 is 5.56 Å². The van der Waals surface area contributed by atoms with Crippen molar-refractivity contribution in [1.29, 1.82) is 10.5 Å². The van der Waals surface area contributed by atoms with Gasteiger partial charge in [0.15, 0.2) is 0 Å². The summed E-state index contributed by atoms with van der Waals surface area (Å²) in [5.74, 6) is -0.0621. The maximum Gasteiger partial charge on any atom is 0.268 e. The number of nitrogens with one attached hydrogen (secondary N) is 1. The first-order valence-corrected chi connectivity index (χ1v) is 6.81. The van der Waals surface area contributed by atoms with Crippen LogP contribution in [0.1, 0.15) is 11.1 Å². The van der Waals surface area contributed by atoms with Crippen LogP contribution >= 0.6 is 0 Å². The van der Waals surface area contributed by atoms with Crippen molar-refractivity contribution in [3.63, 3.8) is 0 Å². The van der Waals surface area contributed by atoms with Gasteiger partial charge in [0.1, 0.15) is 29.1 Å². The Balaban J connectivity index is 2.61. The lowest BCUT2D eigenvalue weighted by Gasteiger charge is -2.18. The first-order valence-electron chi connectivity index (χ1n) is 6.81. The van der Waals surface area contributed by atoms with E-state index in [-0.39, 0.29) is 29.1 Å². The number of likely N-dealkylation sites (N-methyl/N-ethyl adjacent to an activating group) is 1. The first-order chi connectivity index (χ1) is 11.0. The molecule has 116 valence electrons. The number of aliphatic hydroxyl groups is 1. The monoisotopic (exact) mass is 309 g/mol.